The second-order valence-electron chi connectivity index (χ2n) is 4.32. The van der Waals surface area contributed by atoms with Gasteiger partial charge in [-0.25, -0.2) is 4.98 Å². The van der Waals surface area contributed by atoms with Crippen LogP contribution in [-0.2, 0) is 11.3 Å². The second-order valence-corrected chi connectivity index (χ2v) is 4.32. The minimum absolute atomic E-state index is 0.177. The Morgan fingerprint density at radius 2 is 2.18 bits per heavy atom. The van der Waals surface area contributed by atoms with E-state index in [0.717, 1.165) is 31.4 Å². The van der Waals surface area contributed by atoms with Crippen molar-refractivity contribution < 1.29 is 9.47 Å². The summed E-state index contributed by atoms with van der Waals surface area (Å²) in [6.45, 7) is 0.384. The van der Waals surface area contributed by atoms with Crippen molar-refractivity contribution in [3.05, 3.63) is 18.1 Å². The van der Waals surface area contributed by atoms with E-state index in [1.165, 1.54) is 0 Å². The van der Waals surface area contributed by atoms with Crippen molar-refractivity contribution in [1.29, 1.82) is 0 Å². The Balaban J connectivity index is 1.95. The van der Waals surface area contributed by atoms with Gasteiger partial charge in [0.15, 0.2) is 0 Å². The molecule has 2 unspecified atom stereocenters. The number of ether oxygens (including phenoxy) is 2. The minimum Gasteiger partial charge on any atom is -0.473 e. The molecule has 1 heterocycles. The molecule has 5 nitrogen and oxygen atoms in total. The van der Waals surface area contributed by atoms with E-state index in [1.54, 1.807) is 19.5 Å². The predicted octanol–water partition coefficient (Wildman–Crippen LogP) is 1.27. The number of nitrogens with two attached hydrogens (primary N) is 1. The highest BCUT2D eigenvalue weighted by atomic mass is 16.5. The molecule has 1 aliphatic rings. The molecule has 0 radical (unpaired) electrons. The molecule has 1 aromatic rings. The van der Waals surface area contributed by atoms with Gasteiger partial charge >= 0.3 is 0 Å². The van der Waals surface area contributed by atoms with Crippen molar-refractivity contribution in [2.45, 2.75) is 44.4 Å². The first kappa shape index (κ1) is 12.3. The third-order valence-corrected chi connectivity index (χ3v) is 3.07. The maximum Gasteiger partial charge on any atom is 0.232 e. The molecular formula is C12H19N3O2. The molecular weight excluding hydrogens is 218 g/mol. The van der Waals surface area contributed by atoms with Gasteiger partial charge in [0, 0.05) is 26.3 Å². The Morgan fingerprint density at radius 3 is 2.94 bits per heavy atom. The van der Waals surface area contributed by atoms with Gasteiger partial charge in [0.2, 0.25) is 5.88 Å². The minimum atomic E-state index is 0.177. The molecule has 94 valence electrons. The van der Waals surface area contributed by atoms with Crippen LogP contribution < -0.4 is 10.5 Å². The fraction of sp³-hybridized carbons (Fsp3) is 0.667. The van der Waals surface area contributed by atoms with Gasteiger partial charge in [0.25, 0.3) is 0 Å². The average Bonchev–Trinajstić information content (AvgIpc) is 2.39. The van der Waals surface area contributed by atoms with E-state index in [9.17, 15) is 0 Å². The van der Waals surface area contributed by atoms with E-state index >= 15 is 0 Å². The zero-order valence-corrected chi connectivity index (χ0v) is 10.1. The van der Waals surface area contributed by atoms with Crippen molar-refractivity contribution in [2.24, 2.45) is 5.73 Å². The maximum absolute atomic E-state index is 5.82. The summed E-state index contributed by atoms with van der Waals surface area (Å²) in [7, 11) is 1.75. The summed E-state index contributed by atoms with van der Waals surface area (Å²) < 4.78 is 11.2. The summed E-state index contributed by atoms with van der Waals surface area (Å²) in [5.41, 5.74) is 6.27. The summed E-state index contributed by atoms with van der Waals surface area (Å²) >= 11 is 0. The van der Waals surface area contributed by atoms with Crippen LogP contribution in [-0.4, -0.2) is 29.3 Å². The first-order valence-electron chi connectivity index (χ1n) is 6.02. The van der Waals surface area contributed by atoms with E-state index in [2.05, 4.69) is 9.97 Å². The molecule has 1 saturated carbocycles. The molecule has 0 bridgehead atoms. The molecule has 0 aliphatic heterocycles. The zero-order chi connectivity index (χ0) is 12.1. The molecule has 0 aromatic carbocycles. The third-order valence-electron chi connectivity index (χ3n) is 3.07. The highest BCUT2D eigenvalue weighted by Gasteiger charge is 2.23. The molecule has 1 aromatic heterocycles. The monoisotopic (exact) mass is 237 g/mol. The van der Waals surface area contributed by atoms with Gasteiger partial charge < -0.3 is 15.2 Å². The van der Waals surface area contributed by atoms with Gasteiger partial charge in [-0.15, -0.1) is 0 Å². The number of aromatic nitrogens is 2. The van der Waals surface area contributed by atoms with E-state index in [0.29, 0.717) is 18.5 Å². The molecule has 1 aliphatic carbocycles. The van der Waals surface area contributed by atoms with E-state index in [-0.39, 0.29) is 6.10 Å². The number of hydrogen-bond acceptors (Lipinski definition) is 5. The normalized spacial score (nSPS) is 24.6. The Morgan fingerprint density at radius 1 is 1.35 bits per heavy atom. The van der Waals surface area contributed by atoms with Crippen molar-refractivity contribution in [3.63, 3.8) is 0 Å². The Bertz CT molecular complexity index is 359. The molecule has 17 heavy (non-hydrogen) atoms. The number of methoxy groups -OCH3 is 1. The lowest BCUT2D eigenvalue weighted by Crippen LogP contribution is -2.29. The number of rotatable bonds is 4. The van der Waals surface area contributed by atoms with Crippen LogP contribution in [0.5, 0.6) is 5.88 Å². The molecule has 2 rings (SSSR count). The van der Waals surface area contributed by atoms with Crippen LogP contribution in [0.25, 0.3) is 0 Å². The first-order chi connectivity index (χ1) is 8.31. The number of hydrogen-bond donors (Lipinski definition) is 1. The van der Waals surface area contributed by atoms with Crippen LogP contribution in [0.1, 0.15) is 31.4 Å². The van der Waals surface area contributed by atoms with Crippen LogP contribution in [0.3, 0.4) is 0 Å². The summed E-state index contributed by atoms with van der Waals surface area (Å²) in [6.07, 6.45) is 7.99. The standard InChI is InChI=1S/C12H19N3O2/c1-16-10-3-2-4-11(5-10)17-12-8-14-7-9(6-13)15-12/h7-8,10-11H,2-6,13H2,1H3. The fourth-order valence-electron chi connectivity index (χ4n) is 2.14. The molecule has 5 heteroatoms. The van der Waals surface area contributed by atoms with Crippen molar-refractivity contribution >= 4 is 0 Å². The fourth-order valence-corrected chi connectivity index (χ4v) is 2.14. The molecule has 2 N–H and O–H groups in total. The van der Waals surface area contributed by atoms with E-state index < -0.39 is 0 Å². The van der Waals surface area contributed by atoms with E-state index in [4.69, 9.17) is 15.2 Å². The highest BCUT2D eigenvalue weighted by molar-refractivity contribution is 5.08. The van der Waals surface area contributed by atoms with Gasteiger partial charge in [-0.05, 0) is 19.3 Å². The maximum atomic E-state index is 5.82. The van der Waals surface area contributed by atoms with Crippen molar-refractivity contribution in [2.75, 3.05) is 7.11 Å². The Hall–Kier alpha value is -1.20. The topological polar surface area (TPSA) is 70.3 Å². The third kappa shape index (κ3) is 3.38. The van der Waals surface area contributed by atoms with Crippen molar-refractivity contribution in [3.8, 4) is 5.88 Å². The van der Waals surface area contributed by atoms with Gasteiger partial charge in [-0.1, -0.05) is 0 Å². The molecule has 0 spiro atoms. The smallest absolute Gasteiger partial charge is 0.232 e. The predicted molar refractivity (Wildman–Crippen MR) is 63.6 cm³/mol. The molecule has 1 fully saturated rings. The molecule has 0 amide bonds. The summed E-state index contributed by atoms with van der Waals surface area (Å²) in [4.78, 5) is 8.35. The van der Waals surface area contributed by atoms with Gasteiger partial charge in [0.05, 0.1) is 18.0 Å². The summed E-state index contributed by atoms with van der Waals surface area (Å²) in [5, 5.41) is 0. The van der Waals surface area contributed by atoms with Crippen molar-refractivity contribution in [1.82, 2.24) is 9.97 Å². The first-order valence-corrected chi connectivity index (χ1v) is 6.02. The Labute approximate surface area is 101 Å². The van der Waals surface area contributed by atoms with Gasteiger partial charge in [0.1, 0.15) is 6.10 Å². The average molecular weight is 237 g/mol. The Kier molecular flexibility index (Phi) is 4.28. The largest absolute Gasteiger partial charge is 0.473 e. The molecule has 0 saturated heterocycles. The summed E-state index contributed by atoms with van der Waals surface area (Å²) in [5.74, 6) is 0.565. The van der Waals surface area contributed by atoms with Gasteiger partial charge in [-0.3, -0.25) is 4.98 Å². The van der Waals surface area contributed by atoms with Crippen LogP contribution in [0, 0.1) is 0 Å². The lowest BCUT2D eigenvalue weighted by molar-refractivity contribution is 0.0193. The lowest BCUT2D eigenvalue weighted by atomic mass is 9.95. The quantitative estimate of drug-likeness (QED) is 0.854. The lowest BCUT2D eigenvalue weighted by Gasteiger charge is -2.28. The highest BCUT2D eigenvalue weighted by Crippen LogP contribution is 2.24. The van der Waals surface area contributed by atoms with Crippen LogP contribution >= 0.6 is 0 Å². The van der Waals surface area contributed by atoms with Crippen LogP contribution in [0.2, 0.25) is 0 Å². The SMILES string of the molecule is COC1CCCC(Oc2cncc(CN)n2)C1. The second kappa shape index (κ2) is 5.93. The van der Waals surface area contributed by atoms with E-state index in [1.807, 2.05) is 0 Å². The van der Waals surface area contributed by atoms with Gasteiger partial charge in [-0.2, -0.15) is 0 Å². The summed E-state index contributed by atoms with van der Waals surface area (Å²) in [6, 6.07) is 0. The van der Waals surface area contributed by atoms with Crippen LogP contribution in [0.15, 0.2) is 12.4 Å². The molecule has 2 atom stereocenters. The zero-order valence-electron chi connectivity index (χ0n) is 10.1. The number of nitrogens with zero attached hydrogens (tertiary/aromatic N) is 2. The van der Waals surface area contributed by atoms with Crippen LogP contribution in [0.4, 0.5) is 0 Å².